The normalized spacial score (nSPS) is 9.42. The Morgan fingerprint density at radius 1 is 1.67 bits per heavy atom. The van der Waals surface area contributed by atoms with E-state index in [-0.39, 0.29) is 6.61 Å². The lowest BCUT2D eigenvalue weighted by molar-refractivity contribution is -0.137. The van der Waals surface area contributed by atoms with Crippen molar-refractivity contribution < 1.29 is 14.3 Å². The van der Waals surface area contributed by atoms with E-state index in [0.717, 1.165) is 11.3 Å². The van der Waals surface area contributed by atoms with Crippen LogP contribution in [0.15, 0.2) is 11.7 Å². The molecular weight excluding hydrogens is 178 g/mol. The molecule has 0 spiro atoms. The summed E-state index contributed by atoms with van der Waals surface area (Å²) in [6.07, 6.45) is 1.35. The molecule has 4 nitrogen and oxygen atoms in total. The minimum absolute atomic E-state index is 0.212. The van der Waals surface area contributed by atoms with Crippen LogP contribution in [0, 0.1) is 0 Å². The topological polar surface area (TPSA) is 56.3 Å². The Morgan fingerprint density at radius 3 is 2.92 bits per heavy atom. The number of esters is 1. The number of hydrogen-bond donors (Lipinski definition) is 0. The standard InChI is InChI=1S/C7H7NO3S/c1-2-11-7(10)6(9)5-3-8-4-12-5/h3-4H,2H2,1H3. The molecule has 1 aromatic rings. The molecule has 0 bridgehead atoms. The Balaban J connectivity index is 2.66. The zero-order valence-corrected chi connectivity index (χ0v) is 7.26. The first-order chi connectivity index (χ1) is 5.75. The molecule has 1 aromatic heterocycles. The minimum atomic E-state index is -0.818. The Kier molecular flexibility index (Phi) is 2.93. The average molecular weight is 185 g/mol. The lowest BCUT2D eigenvalue weighted by Crippen LogP contribution is -2.16. The lowest BCUT2D eigenvalue weighted by Gasteiger charge is -1.96. The van der Waals surface area contributed by atoms with Gasteiger partial charge in [-0.3, -0.25) is 9.78 Å². The third kappa shape index (κ3) is 1.88. The van der Waals surface area contributed by atoms with Crippen LogP contribution in [0.1, 0.15) is 16.6 Å². The zero-order chi connectivity index (χ0) is 8.97. The minimum Gasteiger partial charge on any atom is -0.460 e. The summed E-state index contributed by atoms with van der Waals surface area (Å²) in [5.41, 5.74) is 1.49. The van der Waals surface area contributed by atoms with Gasteiger partial charge < -0.3 is 4.74 Å². The van der Waals surface area contributed by atoms with Gasteiger partial charge in [0, 0.05) is 6.20 Å². The van der Waals surface area contributed by atoms with Crippen molar-refractivity contribution in [2.75, 3.05) is 6.61 Å². The van der Waals surface area contributed by atoms with Crippen LogP contribution >= 0.6 is 11.3 Å². The van der Waals surface area contributed by atoms with Crippen molar-refractivity contribution >= 4 is 23.1 Å². The number of thiazole rings is 1. The second-order valence-electron chi connectivity index (χ2n) is 1.92. The molecule has 0 aliphatic heterocycles. The van der Waals surface area contributed by atoms with Gasteiger partial charge in [-0.25, -0.2) is 4.79 Å². The van der Waals surface area contributed by atoms with Crippen LogP contribution in [-0.2, 0) is 9.53 Å². The van der Waals surface area contributed by atoms with Gasteiger partial charge in [-0.05, 0) is 6.92 Å². The first kappa shape index (κ1) is 8.86. The number of ether oxygens (including phenoxy) is 1. The molecule has 0 saturated carbocycles. The van der Waals surface area contributed by atoms with Gasteiger partial charge in [0.05, 0.1) is 12.1 Å². The van der Waals surface area contributed by atoms with Gasteiger partial charge >= 0.3 is 5.97 Å². The fourth-order valence-corrected chi connectivity index (χ4v) is 1.17. The molecule has 0 aromatic carbocycles. The molecule has 0 radical (unpaired) electrons. The van der Waals surface area contributed by atoms with Gasteiger partial charge in [-0.1, -0.05) is 0 Å². The van der Waals surface area contributed by atoms with E-state index in [4.69, 9.17) is 0 Å². The smallest absolute Gasteiger partial charge is 0.380 e. The van der Waals surface area contributed by atoms with E-state index >= 15 is 0 Å². The summed E-state index contributed by atoms with van der Waals surface area (Å²) in [5.74, 6) is -1.44. The molecular formula is C7H7NO3S. The summed E-state index contributed by atoms with van der Waals surface area (Å²) in [4.78, 5) is 25.9. The highest BCUT2D eigenvalue weighted by Gasteiger charge is 2.18. The van der Waals surface area contributed by atoms with Crippen molar-refractivity contribution in [2.24, 2.45) is 0 Å². The molecule has 0 saturated heterocycles. The molecule has 0 aliphatic carbocycles. The van der Waals surface area contributed by atoms with E-state index in [9.17, 15) is 9.59 Å². The molecule has 1 rings (SSSR count). The second kappa shape index (κ2) is 3.96. The van der Waals surface area contributed by atoms with Crippen molar-refractivity contribution in [1.29, 1.82) is 0 Å². The van der Waals surface area contributed by atoms with E-state index in [1.807, 2.05) is 0 Å². The average Bonchev–Trinajstić information content (AvgIpc) is 2.55. The van der Waals surface area contributed by atoms with Crippen molar-refractivity contribution in [3.8, 4) is 0 Å². The van der Waals surface area contributed by atoms with Gasteiger partial charge in [0.15, 0.2) is 0 Å². The Hall–Kier alpha value is -1.23. The second-order valence-corrected chi connectivity index (χ2v) is 2.80. The molecule has 0 aliphatic rings. The quantitative estimate of drug-likeness (QED) is 0.398. The molecule has 0 amide bonds. The highest BCUT2D eigenvalue weighted by molar-refractivity contribution is 7.12. The van der Waals surface area contributed by atoms with Crippen LogP contribution in [0.3, 0.4) is 0 Å². The molecule has 0 fully saturated rings. The fraction of sp³-hybridized carbons (Fsp3) is 0.286. The summed E-state index contributed by atoms with van der Waals surface area (Å²) in [6, 6.07) is 0. The van der Waals surface area contributed by atoms with Crippen LogP contribution in [0.4, 0.5) is 0 Å². The van der Waals surface area contributed by atoms with E-state index < -0.39 is 11.8 Å². The number of ketones is 1. The molecule has 1 heterocycles. The van der Waals surface area contributed by atoms with Crippen LogP contribution < -0.4 is 0 Å². The largest absolute Gasteiger partial charge is 0.460 e. The maximum absolute atomic E-state index is 11.1. The SMILES string of the molecule is CCOC(=O)C(=O)c1cncs1. The van der Waals surface area contributed by atoms with Crippen molar-refractivity contribution in [3.63, 3.8) is 0 Å². The van der Waals surface area contributed by atoms with Crippen molar-refractivity contribution in [3.05, 3.63) is 16.6 Å². The third-order valence-electron chi connectivity index (χ3n) is 1.12. The van der Waals surface area contributed by atoms with Crippen LogP contribution in [-0.4, -0.2) is 23.3 Å². The Morgan fingerprint density at radius 2 is 2.42 bits per heavy atom. The van der Waals surface area contributed by atoms with E-state index in [1.165, 1.54) is 11.7 Å². The maximum atomic E-state index is 11.1. The van der Waals surface area contributed by atoms with Crippen LogP contribution in [0.5, 0.6) is 0 Å². The van der Waals surface area contributed by atoms with Gasteiger partial charge in [0.25, 0.3) is 5.78 Å². The first-order valence-corrected chi connectivity index (χ1v) is 4.23. The monoisotopic (exact) mass is 185 g/mol. The molecule has 5 heteroatoms. The fourth-order valence-electron chi connectivity index (χ4n) is 0.625. The Bertz CT molecular complexity index is 281. The number of hydrogen-bond acceptors (Lipinski definition) is 5. The van der Waals surface area contributed by atoms with E-state index in [0.29, 0.717) is 4.88 Å². The predicted molar refractivity (Wildman–Crippen MR) is 43.1 cm³/mol. The maximum Gasteiger partial charge on any atom is 0.380 e. The van der Waals surface area contributed by atoms with Gasteiger partial charge in [0.2, 0.25) is 0 Å². The third-order valence-corrected chi connectivity index (χ3v) is 1.89. The molecule has 0 N–H and O–H groups in total. The van der Waals surface area contributed by atoms with Gasteiger partial charge in [-0.2, -0.15) is 0 Å². The van der Waals surface area contributed by atoms with Gasteiger partial charge in [0.1, 0.15) is 4.88 Å². The summed E-state index contributed by atoms with van der Waals surface area (Å²) in [5, 5.41) is 0. The summed E-state index contributed by atoms with van der Waals surface area (Å²) < 4.78 is 4.52. The molecule has 12 heavy (non-hydrogen) atoms. The predicted octanol–water partition coefficient (Wildman–Crippen LogP) is 0.889. The highest BCUT2D eigenvalue weighted by atomic mass is 32.1. The van der Waals surface area contributed by atoms with Crippen molar-refractivity contribution in [2.45, 2.75) is 6.92 Å². The number of carbonyl (C=O) groups excluding carboxylic acids is 2. The Labute approximate surface area is 73.2 Å². The van der Waals surface area contributed by atoms with Gasteiger partial charge in [-0.15, -0.1) is 11.3 Å². The number of nitrogens with zero attached hydrogens (tertiary/aromatic N) is 1. The highest BCUT2D eigenvalue weighted by Crippen LogP contribution is 2.06. The first-order valence-electron chi connectivity index (χ1n) is 3.35. The molecule has 0 atom stereocenters. The summed E-state index contributed by atoms with van der Waals surface area (Å²) in [6.45, 7) is 1.86. The van der Waals surface area contributed by atoms with Crippen LogP contribution in [0.25, 0.3) is 0 Å². The van der Waals surface area contributed by atoms with E-state index in [2.05, 4.69) is 9.72 Å². The van der Waals surface area contributed by atoms with Crippen molar-refractivity contribution in [1.82, 2.24) is 4.98 Å². The number of carbonyl (C=O) groups is 2. The van der Waals surface area contributed by atoms with E-state index in [1.54, 1.807) is 6.92 Å². The number of aromatic nitrogens is 1. The molecule has 64 valence electrons. The lowest BCUT2D eigenvalue weighted by atomic mass is 10.3. The molecule has 0 unspecified atom stereocenters. The number of Topliss-reactive ketones (excluding diaryl/α,β-unsaturated/α-hetero) is 1. The summed E-state index contributed by atoms with van der Waals surface area (Å²) in [7, 11) is 0. The number of rotatable bonds is 3. The van der Waals surface area contributed by atoms with Crippen LogP contribution in [0.2, 0.25) is 0 Å². The zero-order valence-electron chi connectivity index (χ0n) is 6.44. The summed E-state index contributed by atoms with van der Waals surface area (Å²) >= 11 is 1.12.